The quantitative estimate of drug-likeness (QED) is 0.797. The maximum atomic E-state index is 12.1. The molecule has 1 heterocycles. The summed E-state index contributed by atoms with van der Waals surface area (Å²) in [6, 6.07) is 13.7. The Morgan fingerprint density at radius 2 is 1.92 bits per heavy atom. The first-order valence-electron chi connectivity index (χ1n) is 7.34. The van der Waals surface area contributed by atoms with E-state index in [4.69, 9.17) is 25.8 Å². The Morgan fingerprint density at radius 3 is 2.54 bits per heavy atom. The first-order chi connectivity index (χ1) is 11.6. The zero-order valence-electron chi connectivity index (χ0n) is 13.2. The van der Waals surface area contributed by atoms with Gasteiger partial charge in [0.05, 0.1) is 14.2 Å². The van der Waals surface area contributed by atoms with Crippen LogP contribution in [0.15, 0.2) is 53.5 Å². The lowest BCUT2D eigenvalue weighted by atomic mass is 10.0. The molecule has 0 amide bonds. The molecule has 0 bridgehead atoms. The van der Waals surface area contributed by atoms with E-state index in [1.54, 1.807) is 37.4 Å². The van der Waals surface area contributed by atoms with Crippen molar-refractivity contribution in [1.29, 1.82) is 0 Å². The van der Waals surface area contributed by atoms with Gasteiger partial charge in [-0.3, -0.25) is 0 Å². The molecule has 6 heteroatoms. The molecule has 2 aromatic rings. The Bertz CT molecular complexity index is 773. The first kappa shape index (κ1) is 16.3. The minimum Gasteiger partial charge on any atom is -0.497 e. The number of halogens is 1. The van der Waals surface area contributed by atoms with Gasteiger partial charge in [-0.1, -0.05) is 23.7 Å². The molecule has 5 nitrogen and oxygen atoms in total. The minimum absolute atomic E-state index is 0.387. The highest BCUT2D eigenvalue weighted by Crippen LogP contribution is 2.33. The molecule has 3 rings (SSSR count). The van der Waals surface area contributed by atoms with E-state index in [1.165, 1.54) is 7.11 Å². The molecule has 124 valence electrons. The molecule has 0 spiro atoms. The second-order valence-corrected chi connectivity index (χ2v) is 5.66. The summed E-state index contributed by atoms with van der Waals surface area (Å²) in [5.41, 5.74) is 1.53. The standard InChI is InChI=1S/C18H16ClNO4/c1-22-14-8-6-11(7-9-14)17-20-15(18(21)23-2)16(24-17)12-4-3-5-13(19)10-12/h3-10,15-16H,1-2H3/t15-,16-/m0/s1. The number of benzene rings is 2. The molecule has 0 unspecified atom stereocenters. The highest BCUT2D eigenvalue weighted by atomic mass is 35.5. The number of rotatable bonds is 4. The Morgan fingerprint density at radius 1 is 1.17 bits per heavy atom. The molecular weight excluding hydrogens is 330 g/mol. The molecule has 0 aliphatic carbocycles. The molecular formula is C18H16ClNO4. The summed E-state index contributed by atoms with van der Waals surface area (Å²) >= 11 is 6.05. The summed E-state index contributed by atoms with van der Waals surface area (Å²) in [5.74, 6) is 0.662. The van der Waals surface area contributed by atoms with E-state index in [0.29, 0.717) is 10.9 Å². The fourth-order valence-electron chi connectivity index (χ4n) is 2.52. The van der Waals surface area contributed by atoms with E-state index < -0.39 is 18.1 Å². The highest BCUT2D eigenvalue weighted by molar-refractivity contribution is 6.30. The van der Waals surface area contributed by atoms with E-state index in [1.807, 2.05) is 18.2 Å². The van der Waals surface area contributed by atoms with Gasteiger partial charge in [0.15, 0.2) is 12.1 Å². The summed E-state index contributed by atoms with van der Waals surface area (Å²) in [7, 11) is 2.93. The Labute approximate surface area is 144 Å². The molecule has 0 aromatic heterocycles. The Kier molecular flexibility index (Phi) is 4.71. The van der Waals surface area contributed by atoms with Gasteiger partial charge in [0.1, 0.15) is 5.75 Å². The fraction of sp³-hybridized carbons (Fsp3) is 0.222. The summed E-state index contributed by atoms with van der Waals surface area (Å²) in [6.45, 7) is 0. The van der Waals surface area contributed by atoms with Gasteiger partial charge in [0, 0.05) is 10.6 Å². The third-order valence-electron chi connectivity index (χ3n) is 3.74. The van der Waals surface area contributed by atoms with Crippen LogP contribution < -0.4 is 4.74 Å². The van der Waals surface area contributed by atoms with Gasteiger partial charge in [-0.15, -0.1) is 0 Å². The van der Waals surface area contributed by atoms with Crippen LogP contribution in [0.5, 0.6) is 5.75 Å². The fourth-order valence-corrected chi connectivity index (χ4v) is 2.72. The van der Waals surface area contributed by atoms with Gasteiger partial charge in [-0.05, 0) is 42.0 Å². The molecule has 1 aliphatic rings. The average Bonchev–Trinajstić information content (AvgIpc) is 3.06. The number of aliphatic imine (C=N–C) groups is 1. The summed E-state index contributed by atoms with van der Waals surface area (Å²) in [6.07, 6.45) is -0.576. The van der Waals surface area contributed by atoms with Crippen LogP contribution in [-0.2, 0) is 14.3 Å². The lowest BCUT2D eigenvalue weighted by Gasteiger charge is -2.16. The zero-order valence-corrected chi connectivity index (χ0v) is 14.0. The van der Waals surface area contributed by atoms with Gasteiger partial charge in [-0.25, -0.2) is 9.79 Å². The van der Waals surface area contributed by atoms with E-state index in [9.17, 15) is 4.79 Å². The summed E-state index contributed by atoms with van der Waals surface area (Å²) in [5, 5.41) is 0.567. The molecule has 24 heavy (non-hydrogen) atoms. The number of hydrogen-bond acceptors (Lipinski definition) is 5. The number of esters is 1. The number of carbonyl (C=O) groups is 1. The van der Waals surface area contributed by atoms with Gasteiger partial charge < -0.3 is 14.2 Å². The van der Waals surface area contributed by atoms with Gasteiger partial charge >= 0.3 is 5.97 Å². The van der Waals surface area contributed by atoms with E-state index in [2.05, 4.69) is 4.99 Å². The van der Waals surface area contributed by atoms with Crippen LogP contribution >= 0.6 is 11.6 Å². The van der Waals surface area contributed by atoms with Crippen molar-refractivity contribution < 1.29 is 19.0 Å². The van der Waals surface area contributed by atoms with Crippen molar-refractivity contribution >= 4 is 23.5 Å². The van der Waals surface area contributed by atoms with Crippen molar-refractivity contribution in [2.24, 2.45) is 4.99 Å². The van der Waals surface area contributed by atoms with Crippen molar-refractivity contribution in [1.82, 2.24) is 0 Å². The molecule has 1 aliphatic heterocycles. The Balaban J connectivity index is 1.93. The lowest BCUT2D eigenvalue weighted by molar-refractivity contribution is -0.143. The van der Waals surface area contributed by atoms with Crippen molar-refractivity contribution in [3.05, 3.63) is 64.7 Å². The molecule has 0 saturated heterocycles. The molecule has 0 fully saturated rings. The predicted octanol–water partition coefficient (Wildman–Crippen LogP) is 3.41. The second-order valence-electron chi connectivity index (χ2n) is 5.22. The first-order valence-corrected chi connectivity index (χ1v) is 7.72. The molecule has 2 atom stereocenters. The predicted molar refractivity (Wildman–Crippen MR) is 90.6 cm³/mol. The van der Waals surface area contributed by atoms with Crippen molar-refractivity contribution in [3.8, 4) is 5.75 Å². The van der Waals surface area contributed by atoms with Crippen molar-refractivity contribution in [2.75, 3.05) is 14.2 Å². The maximum absolute atomic E-state index is 12.1. The second kappa shape index (κ2) is 6.93. The largest absolute Gasteiger partial charge is 0.497 e. The highest BCUT2D eigenvalue weighted by Gasteiger charge is 2.38. The van der Waals surface area contributed by atoms with E-state index >= 15 is 0 Å². The summed E-state index contributed by atoms with van der Waals surface area (Å²) in [4.78, 5) is 16.5. The third-order valence-corrected chi connectivity index (χ3v) is 3.97. The number of methoxy groups -OCH3 is 2. The topological polar surface area (TPSA) is 57.1 Å². The van der Waals surface area contributed by atoms with E-state index in [0.717, 1.165) is 16.9 Å². The van der Waals surface area contributed by atoms with Crippen LogP contribution in [0.25, 0.3) is 0 Å². The van der Waals surface area contributed by atoms with Crippen LogP contribution in [0.1, 0.15) is 17.2 Å². The third kappa shape index (κ3) is 3.21. The maximum Gasteiger partial charge on any atom is 0.335 e. The molecule has 0 N–H and O–H groups in total. The average molecular weight is 346 g/mol. The SMILES string of the molecule is COC(=O)[C@H]1N=C(c2ccc(OC)cc2)O[C@H]1c1cccc(Cl)c1. The molecule has 0 saturated carbocycles. The number of ether oxygens (including phenoxy) is 3. The van der Waals surface area contributed by atoms with Gasteiger partial charge in [0.25, 0.3) is 0 Å². The monoisotopic (exact) mass is 345 g/mol. The van der Waals surface area contributed by atoms with Crippen molar-refractivity contribution in [3.63, 3.8) is 0 Å². The lowest BCUT2D eigenvalue weighted by Crippen LogP contribution is -2.25. The summed E-state index contributed by atoms with van der Waals surface area (Å²) < 4.78 is 15.9. The van der Waals surface area contributed by atoms with Crippen molar-refractivity contribution in [2.45, 2.75) is 12.1 Å². The van der Waals surface area contributed by atoms with Crippen LogP contribution in [0.2, 0.25) is 5.02 Å². The van der Waals surface area contributed by atoms with Crippen LogP contribution in [-0.4, -0.2) is 32.1 Å². The number of nitrogens with zero attached hydrogens (tertiary/aromatic N) is 1. The van der Waals surface area contributed by atoms with Gasteiger partial charge in [-0.2, -0.15) is 0 Å². The Hall–Kier alpha value is -2.53. The number of hydrogen-bond donors (Lipinski definition) is 0. The zero-order chi connectivity index (χ0) is 17.1. The number of carbonyl (C=O) groups excluding carboxylic acids is 1. The minimum atomic E-state index is -0.773. The van der Waals surface area contributed by atoms with Gasteiger partial charge in [0.2, 0.25) is 5.90 Å². The normalized spacial score (nSPS) is 19.4. The smallest absolute Gasteiger partial charge is 0.335 e. The van der Waals surface area contributed by atoms with Crippen LogP contribution in [0.3, 0.4) is 0 Å². The van der Waals surface area contributed by atoms with Crippen LogP contribution in [0.4, 0.5) is 0 Å². The molecule has 0 radical (unpaired) electrons. The van der Waals surface area contributed by atoms with Crippen LogP contribution in [0, 0.1) is 0 Å². The molecule has 2 aromatic carbocycles. The van der Waals surface area contributed by atoms with E-state index in [-0.39, 0.29) is 0 Å².